The lowest BCUT2D eigenvalue weighted by atomic mass is 10.1. The number of aromatic nitrogens is 2. The Bertz CT molecular complexity index is 703. The van der Waals surface area contributed by atoms with E-state index in [1.165, 1.54) is 6.07 Å². The molecule has 7 heteroatoms. The normalized spacial score (nSPS) is 19.1. The maximum absolute atomic E-state index is 13.7. The number of amides is 1. The first kappa shape index (κ1) is 15.6. The van der Waals surface area contributed by atoms with Crippen molar-refractivity contribution in [2.24, 2.45) is 0 Å². The number of likely N-dealkylation sites (N-methyl/N-ethyl adjacent to an activating group) is 1. The molecule has 6 nitrogen and oxygen atoms in total. The maximum Gasteiger partial charge on any atom is 0.245 e. The van der Waals surface area contributed by atoms with Gasteiger partial charge in [0.1, 0.15) is 11.9 Å². The fourth-order valence-corrected chi connectivity index (χ4v) is 2.73. The van der Waals surface area contributed by atoms with Gasteiger partial charge in [-0.15, -0.1) is 0 Å². The van der Waals surface area contributed by atoms with Crippen LogP contribution in [-0.4, -0.2) is 52.5 Å². The van der Waals surface area contributed by atoms with E-state index in [9.17, 15) is 9.18 Å². The number of carbonyl (C=O) groups excluding carboxylic acids is 1. The van der Waals surface area contributed by atoms with Gasteiger partial charge in [0.05, 0.1) is 6.42 Å². The predicted molar refractivity (Wildman–Crippen MR) is 81.1 cm³/mol. The molecule has 0 bridgehead atoms. The summed E-state index contributed by atoms with van der Waals surface area (Å²) in [7, 11) is 1.96. The first-order valence-electron chi connectivity index (χ1n) is 7.56. The minimum absolute atomic E-state index is 0.0615. The molecule has 23 heavy (non-hydrogen) atoms. The highest BCUT2D eigenvalue weighted by Gasteiger charge is 2.32. The summed E-state index contributed by atoms with van der Waals surface area (Å²) in [4.78, 5) is 20.6. The van der Waals surface area contributed by atoms with Crippen LogP contribution in [0.2, 0.25) is 0 Å². The number of halogens is 1. The number of piperazine rings is 1. The van der Waals surface area contributed by atoms with Gasteiger partial charge in [0.2, 0.25) is 11.8 Å². The Kier molecular flexibility index (Phi) is 4.38. The van der Waals surface area contributed by atoms with E-state index in [-0.39, 0.29) is 24.2 Å². The Balaban J connectivity index is 1.71. The number of rotatable bonds is 3. The van der Waals surface area contributed by atoms with E-state index in [1.54, 1.807) is 30.0 Å². The van der Waals surface area contributed by atoms with Crippen LogP contribution in [-0.2, 0) is 11.2 Å². The van der Waals surface area contributed by atoms with Crippen LogP contribution in [0.5, 0.6) is 0 Å². The molecule has 2 heterocycles. The van der Waals surface area contributed by atoms with Crippen molar-refractivity contribution in [2.75, 3.05) is 26.7 Å². The lowest BCUT2D eigenvalue weighted by Crippen LogP contribution is -2.49. The Morgan fingerprint density at radius 2 is 2.17 bits per heavy atom. The largest absolute Gasteiger partial charge is 0.339 e. The molecule has 1 aliphatic heterocycles. The summed E-state index contributed by atoms with van der Waals surface area (Å²) in [5, 5.41) is 3.81. The molecule has 1 aromatic heterocycles. The van der Waals surface area contributed by atoms with Crippen LogP contribution in [0.15, 0.2) is 28.8 Å². The molecule has 1 aromatic carbocycles. The van der Waals surface area contributed by atoms with Gasteiger partial charge in [-0.25, -0.2) is 4.39 Å². The fraction of sp³-hybridized carbons (Fsp3) is 0.438. The van der Waals surface area contributed by atoms with E-state index in [4.69, 9.17) is 4.52 Å². The Morgan fingerprint density at radius 3 is 2.87 bits per heavy atom. The average Bonchev–Trinajstić information content (AvgIpc) is 2.96. The molecule has 0 unspecified atom stereocenters. The van der Waals surface area contributed by atoms with Crippen LogP contribution in [0.4, 0.5) is 4.39 Å². The quantitative estimate of drug-likeness (QED) is 0.860. The smallest absolute Gasteiger partial charge is 0.245 e. The first-order chi connectivity index (χ1) is 11.0. The van der Waals surface area contributed by atoms with Gasteiger partial charge in [-0.1, -0.05) is 23.4 Å². The zero-order valence-corrected chi connectivity index (χ0v) is 13.2. The third-order valence-electron chi connectivity index (χ3n) is 4.13. The van der Waals surface area contributed by atoms with Crippen molar-refractivity contribution in [1.29, 1.82) is 0 Å². The van der Waals surface area contributed by atoms with Crippen LogP contribution < -0.4 is 0 Å². The summed E-state index contributed by atoms with van der Waals surface area (Å²) >= 11 is 0. The third-order valence-corrected chi connectivity index (χ3v) is 4.13. The lowest BCUT2D eigenvalue weighted by Gasteiger charge is -2.37. The van der Waals surface area contributed by atoms with E-state index in [1.807, 2.05) is 7.05 Å². The van der Waals surface area contributed by atoms with Gasteiger partial charge < -0.3 is 9.42 Å². The minimum atomic E-state index is -0.348. The van der Waals surface area contributed by atoms with E-state index < -0.39 is 0 Å². The summed E-state index contributed by atoms with van der Waals surface area (Å²) in [5.41, 5.74) is 0.418. The molecule has 1 saturated heterocycles. The highest BCUT2D eigenvalue weighted by Crippen LogP contribution is 2.23. The summed E-state index contributed by atoms with van der Waals surface area (Å²) in [6, 6.07) is 6.24. The van der Waals surface area contributed by atoms with E-state index in [2.05, 4.69) is 15.0 Å². The zero-order chi connectivity index (χ0) is 16.4. The Morgan fingerprint density at radius 1 is 1.39 bits per heavy atom. The van der Waals surface area contributed by atoms with E-state index in [0.29, 0.717) is 36.9 Å². The summed E-state index contributed by atoms with van der Waals surface area (Å²) in [6.45, 7) is 3.53. The molecule has 2 aromatic rings. The van der Waals surface area contributed by atoms with Gasteiger partial charge in [0.15, 0.2) is 5.82 Å². The third kappa shape index (κ3) is 3.39. The van der Waals surface area contributed by atoms with Crippen LogP contribution in [0.1, 0.15) is 23.3 Å². The maximum atomic E-state index is 13.7. The second-order valence-electron chi connectivity index (χ2n) is 5.78. The van der Waals surface area contributed by atoms with Crippen LogP contribution in [0, 0.1) is 12.7 Å². The Labute approximate surface area is 133 Å². The zero-order valence-electron chi connectivity index (χ0n) is 13.2. The summed E-state index contributed by atoms with van der Waals surface area (Å²) in [5.74, 6) is 0.639. The predicted octanol–water partition coefficient (Wildman–Crippen LogP) is 1.57. The monoisotopic (exact) mass is 318 g/mol. The molecule has 3 rings (SSSR count). The molecule has 0 spiro atoms. The van der Waals surface area contributed by atoms with E-state index in [0.717, 1.165) is 0 Å². The van der Waals surface area contributed by atoms with Gasteiger partial charge in [-0.3, -0.25) is 9.69 Å². The number of hydrogen-bond donors (Lipinski definition) is 0. The van der Waals surface area contributed by atoms with Gasteiger partial charge >= 0.3 is 0 Å². The van der Waals surface area contributed by atoms with Crippen molar-refractivity contribution in [3.05, 3.63) is 47.4 Å². The first-order valence-corrected chi connectivity index (χ1v) is 7.56. The molecule has 1 amide bonds. The molecule has 0 N–H and O–H groups in total. The van der Waals surface area contributed by atoms with Crippen LogP contribution in [0.25, 0.3) is 0 Å². The van der Waals surface area contributed by atoms with Crippen molar-refractivity contribution in [1.82, 2.24) is 19.9 Å². The van der Waals surface area contributed by atoms with Gasteiger partial charge in [0.25, 0.3) is 0 Å². The van der Waals surface area contributed by atoms with Gasteiger partial charge in [0, 0.05) is 19.6 Å². The number of hydrogen-bond acceptors (Lipinski definition) is 5. The molecule has 1 fully saturated rings. The standard InChI is InChI=1S/C16H19FN4O2/c1-11-18-16(23-19-11)14-10-21(8-7-20(14)2)15(22)9-12-5-3-4-6-13(12)17/h3-6,14H,7-10H2,1-2H3/t14-/m1/s1. The highest BCUT2D eigenvalue weighted by molar-refractivity contribution is 5.79. The lowest BCUT2D eigenvalue weighted by molar-refractivity contribution is -0.133. The number of carbonyl (C=O) groups is 1. The molecule has 0 saturated carbocycles. The van der Waals surface area contributed by atoms with Crippen molar-refractivity contribution >= 4 is 5.91 Å². The molecular weight excluding hydrogens is 299 g/mol. The summed E-state index contributed by atoms with van der Waals surface area (Å²) < 4.78 is 19.0. The highest BCUT2D eigenvalue weighted by atomic mass is 19.1. The van der Waals surface area contributed by atoms with Crippen LogP contribution in [0.3, 0.4) is 0 Å². The second kappa shape index (κ2) is 6.45. The number of aryl methyl sites for hydroxylation is 1. The molecular formula is C16H19FN4O2. The van der Waals surface area contributed by atoms with E-state index >= 15 is 0 Å². The van der Waals surface area contributed by atoms with Crippen LogP contribution >= 0.6 is 0 Å². The molecule has 1 atom stereocenters. The second-order valence-corrected chi connectivity index (χ2v) is 5.78. The minimum Gasteiger partial charge on any atom is -0.339 e. The SMILES string of the molecule is Cc1noc([C@H]2CN(C(=O)Cc3ccccc3F)CCN2C)n1. The fourth-order valence-electron chi connectivity index (χ4n) is 2.73. The van der Waals surface area contributed by atoms with Crippen molar-refractivity contribution in [2.45, 2.75) is 19.4 Å². The topological polar surface area (TPSA) is 62.5 Å². The molecule has 1 aliphatic rings. The number of nitrogens with zero attached hydrogens (tertiary/aromatic N) is 4. The molecule has 0 radical (unpaired) electrons. The van der Waals surface area contributed by atoms with Gasteiger partial charge in [-0.05, 0) is 25.6 Å². The molecule has 0 aliphatic carbocycles. The number of benzene rings is 1. The average molecular weight is 318 g/mol. The van der Waals surface area contributed by atoms with Gasteiger partial charge in [-0.2, -0.15) is 4.98 Å². The summed E-state index contributed by atoms with van der Waals surface area (Å²) in [6.07, 6.45) is 0.0615. The molecule has 122 valence electrons. The van der Waals surface area contributed by atoms with Crippen molar-refractivity contribution < 1.29 is 13.7 Å². The van der Waals surface area contributed by atoms with Crippen molar-refractivity contribution in [3.63, 3.8) is 0 Å². The Hall–Kier alpha value is -2.28. The van der Waals surface area contributed by atoms with Crippen molar-refractivity contribution in [3.8, 4) is 0 Å².